The van der Waals surface area contributed by atoms with Gasteiger partial charge in [0.1, 0.15) is 6.79 Å². The zero-order chi connectivity index (χ0) is 7.70. The van der Waals surface area contributed by atoms with Crippen molar-refractivity contribution in [2.75, 3.05) is 13.7 Å². The minimum Gasteiger partial charge on any atom is -0.307 e. The first kappa shape index (κ1) is 11.5. The van der Waals surface area contributed by atoms with Crippen LogP contribution in [0.25, 0.3) is 0 Å². The zero-order valence-corrected chi connectivity index (χ0v) is 6.27. The van der Waals surface area contributed by atoms with Crippen molar-refractivity contribution in [1.29, 1.82) is 0 Å². The fourth-order valence-corrected chi connectivity index (χ4v) is 0.433. The van der Waals surface area contributed by atoms with Gasteiger partial charge in [0, 0.05) is 0 Å². The van der Waals surface area contributed by atoms with Gasteiger partial charge >= 0.3 is 11.4 Å². The van der Waals surface area contributed by atoms with Crippen LogP contribution < -0.4 is 0 Å². The maximum atomic E-state index is 10.1. The first-order chi connectivity index (χ1) is 4.31. The molecular formula is C4H10O4S. The number of carbonyl (C=O) groups excluding carboxylic acids is 1. The summed E-state index contributed by atoms with van der Waals surface area (Å²) in [5, 5.41) is 0. The van der Waals surface area contributed by atoms with Crippen LogP contribution in [0.4, 0.5) is 0 Å². The van der Waals surface area contributed by atoms with Crippen molar-refractivity contribution in [3.05, 3.63) is 0 Å². The van der Waals surface area contributed by atoms with Gasteiger partial charge in [0.2, 0.25) is 0 Å². The predicted molar refractivity (Wildman–Crippen MR) is 33.9 cm³/mol. The second-order valence-electron chi connectivity index (χ2n) is 0.777. The van der Waals surface area contributed by atoms with E-state index in [4.69, 9.17) is 4.79 Å². The van der Waals surface area contributed by atoms with Crippen molar-refractivity contribution >= 4 is 18.2 Å². The average molecular weight is 154 g/mol. The van der Waals surface area contributed by atoms with Gasteiger partial charge in [-0.05, 0) is 6.92 Å². The molecule has 5 heteroatoms. The summed E-state index contributed by atoms with van der Waals surface area (Å²) in [6, 6.07) is 0. The van der Waals surface area contributed by atoms with E-state index in [0.29, 0.717) is 6.61 Å². The van der Waals surface area contributed by atoms with E-state index in [1.54, 1.807) is 6.92 Å². The Hall–Kier alpha value is -0.260. The molecule has 0 aromatic heterocycles. The van der Waals surface area contributed by atoms with E-state index in [0.717, 1.165) is 0 Å². The van der Waals surface area contributed by atoms with Crippen LogP contribution in [0.1, 0.15) is 6.92 Å². The topological polar surface area (TPSA) is 52.6 Å². The van der Waals surface area contributed by atoms with Crippen molar-refractivity contribution in [2.24, 2.45) is 0 Å². The highest BCUT2D eigenvalue weighted by molar-refractivity contribution is 7.75. The van der Waals surface area contributed by atoms with Crippen LogP contribution in [0.2, 0.25) is 0 Å². The van der Waals surface area contributed by atoms with Crippen molar-refractivity contribution < 1.29 is 17.4 Å². The Labute approximate surface area is 57.0 Å². The maximum absolute atomic E-state index is 10.1. The van der Waals surface area contributed by atoms with Gasteiger partial charge in [0.05, 0.1) is 13.7 Å². The van der Waals surface area contributed by atoms with E-state index in [-0.39, 0.29) is 0 Å². The summed E-state index contributed by atoms with van der Waals surface area (Å²) in [5.74, 6) is 0. The smallest absolute Gasteiger partial charge is 0.304 e. The first-order valence-electron chi connectivity index (χ1n) is 2.19. The summed E-state index contributed by atoms with van der Waals surface area (Å²) >= 11 is -1.53. The molecule has 9 heavy (non-hydrogen) atoms. The highest BCUT2D eigenvalue weighted by atomic mass is 32.2. The quantitative estimate of drug-likeness (QED) is 0.577. The van der Waals surface area contributed by atoms with E-state index in [1.807, 2.05) is 6.79 Å². The largest absolute Gasteiger partial charge is 0.307 e. The minimum absolute atomic E-state index is 0.417. The van der Waals surface area contributed by atoms with Gasteiger partial charge in [-0.3, -0.25) is 8.37 Å². The number of hydrogen-bond acceptors (Lipinski definition) is 4. The Morgan fingerprint density at radius 1 is 1.56 bits per heavy atom. The van der Waals surface area contributed by atoms with Crippen LogP contribution in [-0.2, 0) is 24.5 Å². The Morgan fingerprint density at radius 2 is 2.00 bits per heavy atom. The number of carbonyl (C=O) groups is 1. The Kier molecular flexibility index (Phi) is 13.7. The van der Waals surface area contributed by atoms with Gasteiger partial charge in [-0.2, -0.15) is 4.21 Å². The minimum atomic E-state index is -1.53. The molecule has 1 unspecified atom stereocenters. The lowest BCUT2D eigenvalue weighted by Crippen LogP contribution is -1.96. The summed E-state index contributed by atoms with van der Waals surface area (Å²) in [5.41, 5.74) is 0. The highest BCUT2D eigenvalue weighted by Crippen LogP contribution is 1.81. The van der Waals surface area contributed by atoms with Crippen LogP contribution >= 0.6 is 0 Å². The predicted octanol–water partition coefficient (Wildman–Crippen LogP) is 0.0631. The van der Waals surface area contributed by atoms with Gasteiger partial charge in [-0.25, -0.2) is 0 Å². The fraction of sp³-hybridized carbons (Fsp3) is 0.750. The molecule has 1 atom stereocenters. The third-order valence-corrected chi connectivity index (χ3v) is 1.05. The van der Waals surface area contributed by atoms with E-state index in [1.165, 1.54) is 7.11 Å². The molecule has 0 bridgehead atoms. The lowest BCUT2D eigenvalue weighted by atomic mass is 10.9. The average Bonchev–Trinajstić information content (AvgIpc) is 1.93. The van der Waals surface area contributed by atoms with Crippen LogP contribution in [0, 0.1) is 0 Å². The maximum Gasteiger partial charge on any atom is 0.304 e. The molecule has 0 aliphatic heterocycles. The first-order valence-corrected chi connectivity index (χ1v) is 3.19. The monoisotopic (exact) mass is 154 g/mol. The molecule has 0 aromatic rings. The van der Waals surface area contributed by atoms with Crippen molar-refractivity contribution in [1.82, 2.24) is 0 Å². The van der Waals surface area contributed by atoms with Crippen LogP contribution in [0.15, 0.2) is 0 Å². The molecule has 0 aromatic carbocycles. The molecule has 0 saturated heterocycles. The molecule has 0 amide bonds. The lowest BCUT2D eigenvalue weighted by Gasteiger charge is -1.91. The standard InChI is InChI=1S/C3H8O3S.CH2O/c1-3-6-7(4)5-2;1-2/h3H2,1-2H3;1H2. The van der Waals surface area contributed by atoms with E-state index < -0.39 is 11.4 Å². The normalized spacial score (nSPS) is 11.3. The van der Waals surface area contributed by atoms with Crippen LogP contribution in [0.3, 0.4) is 0 Å². The Balaban J connectivity index is 0. The fourth-order valence-electron chi connectivity index (χ4n) is 0.144. The third-order valence-electron chi connectivity index (χ3n) is 0.350. The van der Waals surface area contributed by atoms with E-state index in [9.17, 15) is 4.21 Å². The molecule has 56 valence electrons. The molecule has 0 fully saturated rings. The molecule has 0 spiro atoms. The summed E-state index contributed by atoms with van der Waals surface area (Å²) in [4.78, 5) is 8.00. The van der Waals surface area contributed by atoms with E-state index in [2.05, 4.69) is 8.37 Å². The second kappa shape index (κ2) is 10.7. The number of hydrogen-bond donors (Lipinski definition) is 0. The lowest BCUT2D eigenvalue weighted by molar-refractivity contribution is -0.0979. The van der Waals surface area contributed by atoms with Gasteiger partial charge in [0.15, 0.2) is 0 Å². The van der Waals surface area contributed by atoms with Gasteiger partial charge in [-0.15, -0.1) is 0 Å². The van der Waals surface area contributed by atoms with Gasteiger partial charge in [0.25, 0.3) is 0 Å². The van der Waals surface area contributed by atoms with Crippen molar-refractivity contribution in [3.8, 4) is 0 Å². The summed E-state index contributed by atoms with van der Waals surface area (Å²) in [7, 11) is 1.33. The molecule has 0 aliphatic rings. The third kappa shape index (κ3) is 11.4. The molecule has 0 heterocycles. The summed E-state index contributed by atoms with van der Waals surface area (Å²) in [6.07, 6.45) is 0. The summed E-state index contributed by atoms with van der Waals surface area (Å²) < 4.78 is 18.8. The molecule has 4 nitrogen and oxygen atoms in total. The van der Waals surface area contributed by atoms with E-state index >= 15 is 0 Å². The van der Waals surface area contributed by atoms with Gasteiger partial charge < -0.3 is 4.79 Å². The molecule has 0 N–H and O–H groups in total. The van der Waals surface area contributed by atoms with Crippen LogP contribution in [0.5, 0.6) is 0 Å². The SMILES string of the molecule is C=O.CCOS(=O)OC. The van der Waals surface area contributed by atoms with Gasteiger partial charge in [-0.1, -0.05) is 0 Å². The molecular weight excluding hydrogens is 144 g/mol. The van der Waals surface area contributed by atoms with Crippen molar-refractivity contribution in [3.63, 3.8) is 0 Å². The molecule has 0 saturated carbocycles. The molecule has 0 aliphatic carbocycles. The van der Waals surface area contributed by atoms with Crippen molar-refractivity contribution in [2.45, 2.75) is 6.92 Å². The molecule has 0 radical (unpaired) electrons. The number of rotatable bonds is 3. The van der Waals surface area contributed by atoms with Crippen LogP contribution in [-0.4, -0.2) is 24.7 Å². The zero-order valence-electron chi connectivity index (χ0n) is 5.46. The Morgan fingerprint density at radius 3 is 2.11 bits per heavy atom. The summed E-state index contributed by atoms with van der Waals surface area (Å²) in [6.45, 7) is 4.16. The Bertz CT molecular complexity index is 75.0. The highest BCUT2D eigenvalue weighted by Gasteiger charge is 1.89. The molecule has 0 rings (SSSR count). The second-order valence-corrected chi connectivity index (χ2v) is 1.75.